The molecule has 0 spiro atoms. The molecular weight excluding hydrogens is 268 g/mol. The summed E-state index contributed by atoms with van der Waals surface area (Å²) in [6.07, 6.45) is 1.51. The quantitative estimate of drug-likeness (QED) is 0.798. The summed E-state index contributed by atoms with van der Waals surface area (Å²) in [4.78, 5) is 18.6. The highest BCUT2D eigenvalue weighted by Gasteiger charge is 2.11. The summed E-state index contributed by atoms with van der Waals surface area (Å²) in [6.45, 7) is 2.44. The van der Waals surface area contributed by atoms with Crippen molar-refractivity contribution in [1.29, 1.82) is 5.26 Å². The summed E-state index contributed by atoms with van der Waals surface area (Å²) in [5, 5.41) is 8.87. The molecule has 3 rings (SSSR count). The van der Waals surface area contributed by atoms with Crippen LogP contribution in [0.2, 0.25) is 0 Å². The maximum absolute atomic E-state index is 11.9. The summed E-state index contributed by atoms with van der Waals surface area (Å²) in [5.74, 6) is 1.06. The third kappa shape index (κ3) is 2.25. The number of imidazole rings is 1. The number of H-pyrrole nitrogens is 1. The number of para-hydroxylation sites is 1. The molecule has 0 radical (unpaired) electrons. The molecule has 0 aliphatic carbocycles. The van der Waals surface area contributed by atoms with Crippen LogP contribution in [0.5, 0.6) is 11.5 Å². The second-order valence-corrected chi connectivity index (χ2v) is 4.42. The monoisotopic (exact) mass is 280 g/mol. The van der Waals surface area contributed by atoms with Crippen LogP contribution in [0.3, 0.4) is 0 Å². The van der Waals surface area contributed by atoms with Crippen LogP contribution < -0.4 is 10.4 Å². The van der Waals surface area contributed by atoms with Crippen LogP contribution in [0.15, 0.2) is 41.3 Å². The summed E-state index contributed by atoms with van der Waals surface area (Å²) < 4.78 is 7.43. The van der Waals surface area contributed by atoms with Gasteiger partial charge in [0.05, 0.1) is 5.52 Å². The third-order valence-corrected chi connectivity index (χ3v) is 3.15. The molecule has 0 atom stereocenters. The topological polar surface area (TPSA) is 83.7 Å². The predicted molar refractivity (Wildman–Crippen MR) is 77.3 cm³/mol. The Morgan fingerprint density at radius 1 is 1.43 bits per heavy atom. The number of fused-ring (bicyclic) bond motifs is 1. The van der Waals surface area contributed by atoms with Crippen molar-refractivity contribution in [1.82, 2.24) is 14.5 Å². The van der Waals surface area contributed by atoms with Crippen LogP contribution in [0, 0.1) is 11.3 Å². The molecule has 0 fully saturated rings. The Morgan fingerprint density at radius 2 is 2.29 bits per heavy atom. The van der Waals surface area contributed by atoms with E-state index in [9.17, 15) is 4.79 Å². The highest BCUT2D eigenvalue weighted by Crippen LogP contribution is 2.28. The van der Waals surface area contributed by atoms with Crippen molar-refractivity contribution >= 4 is 11.0 Å². The molecule has 6 heteroatoms. The Morgan fingerprint density at radius 3 is 3.05 bits per heavy atom. The smallest absolute Gasteiger partial charge is 0.326 e. The van der Waals surface area contributed by atoms with Gasteiger partial charge in [-0.1, -0.05) is 6.07 Å². The number of aromatic amines is 1. The van der Waals surface area contributed by atoms with Crippen molar-refractivity contribution in [3.63, 3.8) is 0 Å². The first-order valence-corrected chi connectivity index (χ1v) is 6.48. The molecule has 0 aliphatic rings. The van der Waals surface area contributed by atoms with E-state index in [1.807, 2.05) is 19.1 Å². The number of hydrogen-bond acceptors (Lipinski definition) is 4. The molecule has 2 heterocycles. The lowest BCUT2D eigenvalue weighted by Crippen LogP contribution is -2.15. The molecular formula is C15H12N4O2. The highest BCUT2D eigenvalue weighted by molar-refractivity contribution is 5.82. The van der Waals surface area contributed by atoms with Gasteiger partial charge in [-0.05, 0) is 25.1 Å². The first-order chi connectivity index (χ1) is 10.2. The molecule has 0 unspecified atom stereocenters. The zero-order chi connectivity index (χ0) is 14.8. The second-order valence-electron chi connectivity index (χ2n) is 4.42. The van der Waals surface area contributed by atoms with Gasteiger partial charge in [0.2, 0.25) is 0 Å². The number of rotatable bonds is 3. The molecule has 6 nitrogen and oxygen atoms in total. The van der Waals surface area contributed by atoms with Gasteiger partial charge >= 0.3 is 5.69 Å². The lowest BCUT2D eigenvalue weighted by Gasteiger charge is -2.08. The molecule has 0 aliphatic heterocycles. The van der Waals surface area contributed by atoms with Gasteiger partial charge in [-0.25, -0.2) is 9.78 Å². The average Bonchev–Trinajstić information content (AvgIpc) is 2.83. The van der Waals surface area contributed by atoms with Gasteiger partial charge in [-0.15, -0.1) is 0 Å². The Bertz CT molecular complexity index is 902. The van der Waals surface area contributed by atoms with Crippen molar-refractivity contribution in [2.45, 2.75) is 13.5 Å². The van der Waals surface area contributed by atoms with Crippen LogP contribution in [0.1, 0.15) is 12.6 Å². The number of ether oxygens (including phenoxy) is 1. The van der Waals surface area contributed by atoms with Crippen LogP contribution in [0.25, 0.3) is 11.0 Å². The van der Waals surface area contributed by atoms with Crippen molar-refractivity contribution < 1.29 is 4.74 Å². The van der Waals surface area contributed by atoms with Crippen LogP contribution in [-0.4, -0.2) is 14.5 Å². The van der Waals surface area contributed by atoms with Crippen molar-refractivity contribution in [3.8, 4) is 17.6 Å². The third-order valence-electron chi connectivity index (χ3n) is 3.15. The molecule has 1 N–H and O–H groups in total. The van der Waals surface area contributed by atoms with Crippen LogP contribution in [0.4, 0.5) is 0 Å². The van der Waals surface area contributed by atoms with E-state index in [-0.39, 0.29) is 11.4 Å². The summed E-state index contributed by atoms with van der Waals surface area (Å²) in [6, 6.07) is 10.6. The first-order valence-electron chi connectivity index (χ1n) is 6.48. The van der Waals surface area contributed by atoms with E-state index < -0.39 is 0 Å². The molecule has 0 amide bonds. The van der Waals surface area contributed by atoms with E-state index >= 15 is 0 Å². The lowest BCUT2D eigenvalue weighted by atomic mass is 10.3. The van der Waals surface area contributed by atoms with Crippen molar-refractivity contribution in [2.24, 2.45) is 0 Å². The number of nitriles is 1. The fourth-order valence-corrected chi connectivity index (χ4v) is 2.23. The molecule has 0 saturated carbocycles. The Balaban J connectivity index is 2.12. The SMILES string of the molecule is CCn1c(=O)[nH]c2cccc(Oc3ccnc(C#N)c3)c21. The molecule has 21 heavy (non-hydrogen) atoms. The number of aryl methyl sites for hydroxylation is 1. The zero-order valence-corrected chi connectivity index (χ0v) is 11.3. The first kappa shape index (κ1) is 12.9. The zero-order valence-electron chi connectivity index (χ0n) is 11.3. The Kier molecular flexibility index (Phi) is 3.16. The van der Waals surface area contributed by atoms with Crippen LogP contribution >= 0.6 is 0 Å². The maximum Gasteiger partial charge on any atom is 0.326 e. The van der Waals surface area contributed by atoms with Gasteiger partial charge < -0.3 is 9.72 Å². The molecule has 0 saturated heterocycles. The second kappa shape index (κ2) is 5.13. The van der Waals surface area contributed by atoms with Gasteiger partial charge in [0.1, 0.15) is 23.0 Å². The normalized spacial score (nSPS) is 10.5. The van der Waals surface area contributed by atoms with Gasteiger partial charge in [0.25, 0.3) is 0 Å². The van der Waals surface area contributed by atoms with E-state index in [1.165, 1.54) is 6.20 Å². The van der Waals surface area contributed by atoms with E-state index in [0.717, 1.165) is 0 Å². The molecule has 2 aromatic heterocycles. The standard InChI is InChI=1S/C15H12N4O2/c1-2-19-14-12(18-15(19)20)4-3-5-13(14)21-11-6-7-17-10(8-11)9-16/h3-8H,2H2,1H3,(H,18,20). The fraction of sp³-hybridized carbons (Fsp3) is 0.133. The van der Waals surface area contributed by atoms with Crippen molar-refractivity contribution in [3.05, 3.63) is 52.7 Å². The van der Waals surface area contributed by atoms with Crippen molar-refractivity contribution in [2.75, 3.05) is 0 Å². The minimum Gasteiger partial charge on any atom is -0.455 e. The van der Waals surface area contributed by atoms with Gasteiger partial charge in [0.15, 0.2) is 5.75 Å². The van der Waals surface area contributed by atoms with E-state index in [0.29, 0.717) is 29.1 Å². The number of hydrogen-bond donors (Lipinski definition) is 1. The van der Waals surface area contributed by atoms with E-state index in [2.05, 4.69) is 9.97 Å². The molecule has 104 valence electrons. The van der Waals surface area contributed by atoms with Gasteiger partial charge in [0, 0.05) is 18.8 Å². The largest absolute Gasteiger partial charge is 0.455 e. The minimum atomic E-state index is -0.170. The number of nitrogens with one attached hydrogen (secondary N) is 1. The Hall–Kier alpha value is -3.07. The highest BCUT2D eigenvalue weighted by atomic mass is 16.5. The molecule has 3 aromatic rings. The number of pyridine rings is 1. The van der Waals surface area contributed by atoms with Gasteiger partial charge in [-0.2, -0.15) is 5.26 Å². The van der Waals surface area contributed by atoms with Crippen LogP contribution in [-0.2, 0) is 6.54 Å². The fourth-order valence-electron chi connectivity index (χ4n) is 2.23. The molecule has 1 aromatic carbocycles. The number of aromatic nitrogens is 3. The summed E-state index contributed by atoms with van der Waals surface area (Å²) in [5.41, 5.74) is 1.53. The minimum absolute atomic E-state index is 0.170. The summed E-state index contributed by atoms with van der Waals surface area (Å²) >= 11 is 0. The maximum atomic E-state index is 11.9. The predicted octanol–water partition coefficient (Wildman–Crippen LogP) is 2.41. The van der Waals surface area contributed by atoms with E-state index in [1.54, 1.807) is 28.8 Å². The lowest BCUT2D eigenvalue weighted by molar-refractivity contribution is 0.483. The molecule has 0 bridgehead atoms. The van der Waals surface area contributed by atoms with Gasteiger partial charge in [-0.3, -0.25) is 4.57 Å². The van der Waals surface area contributed by atoms with E-state index in [4.69, 9.17) is 10.00 Å². The Labute approximate surface area is 120 Å². The summed E-state index contributed by atoms with van der Waals surface area (Å²) in [7, 11) is 0. The number of nitrogens with zero attached hydrogens (tertiary/aromatic N) is 3. The number of benzene rings is 1. The average molecular weight is 280 g/mol.